The van der Waals surface area contributed by atoms with Gasteiger partial charge in [0.25, 0.3) is 0 Å². The Morgan fingerprint density at radius 2 is 2.11 bits per heavy atom. The second-order valence-corrected chi connectivity index (χ2v) is 4.85. The van der Waals surface area contributed by atoms with Crippen molar-refractivity contribution in [2.24, 2.45) is 11.7 Å². The second-order valence-electron chi connectivity index (χ2n) is 4.85. The minimum Gasteiger partial charge on any atom is -0.491 e. The quantitative estimate of drug-likeness (QED) is 0.817. The largest absolute Gasteiger partial charge is 0.491 e. The molecule has 0 fully saturated rings. The molecule has 0 saturated carbocycles. The molecule has 0 aromatic heterocycles. The molecule has 0 heterocycles. The molecule has 1 rings (SSSR count). The summed E-state index contributed by atoms with van der Waals surface area (Å²) in [7, 11) is 1.80. The number of hydrogen-bond donors (Lipinski definition) is 1. The molecule has 4 heteroatoms. The van der Waals surface area contributed by atoms with Crippen LogP contribution < -0.4 is 10.5 Å². The van der Waals surface area contributed by atoms with Gasteiger partial charge in [-0.05, 0) is 31.5 Å². The summed E-state index contributed by atoms with van der Waals surface area (Å²) >= 11 is 0. The summed E-state index contributed by atoms with van der Waals surface area (Å²) in [6.45, 7) is 5.55. The van der Waals surface area contributed by atoms with Gasteiger partial charge >= 0.3 is 0 Å². The maximum atomic E-state index is 12.0. The lowest BCUT2D eigenvalue weighted by molar-refractivity contribution is -0.134. The van der Waals surface area contributed by atoms with Crippen molar-refractivity contribution in [1.29, 1.82) is 0 Å². The maximum absolute atomic E-state index is 12.0. The third kappa shape index (κ3) is 4.91. The van der Waals surface area contributed by atoms with E-state index in [2.05, 4.69) is 0 Å². The van der Waals surface area contributed by atoms with Crippen molar-refractivity contribution >= 4 is 5.91 Å². The van der Waals surface area contributed by atoms with Gasteiger partial charge in [0.15, 0.2) is 0 Å². The fourth-order valence-electron chi connectivity index (χ4n) is 1.87. The Hall–Kier alpha value is -1.55. The lowest BCUT2D eigenvalue weighted by Gasteiger charge is -2.21. The summed E-state index contributed by atoms with van der Waals surface area (Å²) in [6, 6.07) is 7.87. The molecule has 1 unspecified atom stereocenters. The summed E-state index contributed by atoms with van der Waals surface area (Å²) in [4.78, 5) is 13.7. The Morgan fingerprint density at radius 3 is 2.74 bits per heavy atom. The van der Waals surface area contributed by atoms with Crippen LogP contribution in [0, 0.1) is 12.8 Å². The van der Waals surface area contributed by atoms with E-state index in [4.69, 9.17) is 10.5 Å². The SMILES string of the molecule is Cc1ccccc1OCCN(C)C(=O)C(C)CCN. The average Bonchev–Trinajstić information content (AvgIpc) is 2.40. The van der Waals surface area contributed by atoms with Crippen LogP contribution in [0.3, 0.4) is 0 Å². The Morgan fingerprint density at radius 1 is 1.42 bits per heavy atom. The molecule has 0 saturated heterocycles. The first-order valence-electron chi connectivity index (χ1n) is 6.69. The monoisotopic (exact) mass is 264 g/mol. The normalized spacial score (nSPS) is 12.0. The molecule has 0 spiro atoms. The average molecular weight is 264 g/mol. The minimum absolute atomic E-state index is 0.0199. The van der Waals surface area contributed by atoms with E-state index in [0.717, 1.165) is 17.7 Å². The zero-order valence-electron chi connectivity index (χ0n) is 12.1. The van der Waals surface area contributed by atoms with Gasteiger partial charge in [0.05, 0.1) is 6.54 Å². The molecule has 0 aliphatic carbocycles. The smallest absolute Gasteiger partial charge is 0.225 e. The second kappa shape index (κ2) is 7.79. The predicted octanol–water partition coefficient (Wildman–Crippen LogP) is 1.82. The van der Waals surface area contributed by atoms with Gasteiger partial charge in [-0.3, -0.25) is 4.79 Å². The summed E-state index contributed by atoms with van der Waals surface area (Å²) in [5.41, 5.74) is 6.57. The van der Waals surface area contributed by atoms with Crippen LogP contribution in [0.1, 0.15) is 18.9 Å². The van der Waals surface area contributed by atoms with Gasteiger partial charge in [-0.15, -0.1) is 0 Å². The zero-order valence-corrected chi connectivity index (χ0v) is 12.1. The molecular formula is C15H24N2O2. The topological polar surface area (TPSA) is 55.6 Å². The Balaban J connectivity index is 2.37. The highest BCUT2D eigenvalue weighted by Crippen LogP contribution is 2.16. The van der Waals surface area contributed by atoms with Gasteiger partial charge in [0, 0.05) is 13.0 Å². The molecule has 2 N–H and O–H groups in total. The number of ether oxygens (including phenoxy) is 1. The van der Waals surface area contributed by atoms with Crippen molar-refractivity contribution in [3.63, 3.8) is 0 Å². The van der Waals surface area contributed by atoms with Crippen LogP contribution in [0.2, 0.25) is 0 Å². The number of nitrogens with zero attached hydrogens (tertiary/aromatic N) is 1. The molecule has 1 atom stereocenters. The summed E-state index contributed by atoms with van der Waals surface area (Å²) in [5, 5.41) is 0. The third-order valence-corrected chi connectivity index (χ3v) is 3.18. The first-order valence-corrected chi connectivity index (χ1v) is 6.69. The van der Waals surface area contributed by atoms with Crippen molar-refractivity contribution in [3.05, 3.63) is 29.8 Å². The number of aryl methyl sites for hydroxylation is 1. The maximum Gasteiger partial charge on any atom is 0.225 e. The molecule has 0 bridgehead atoms. The molecule has 1 aromatic rings. The van der Waals surface area contributed by atoms with Crippen LogP contribution in [0.15, 0.2) is 24.3 Å². The van der Waals surface area contributed by atoms with Gasteiger partial charge in [-0.25, -0.2) is 0 Å². The number of likely N-dealkylation sites (N-methyl/N-ethyl adjacent to an activating group) is 1. The predicted molar refractivity (Wildman–Crippen MR) is 77.1 cm³/mol. The standard InChI is InChI=1S/C15H24N2O2/c1-12-6-4-5-7-14(12)19-11-10-17(3)15(18)13(2)8-9-16/h4-7,13H,8-11,16H2,1-3H3. The molecule has 1 aromatic carbocycles. The highest BCUT2D eigenvalue weighted by molar-refractivity contribution is 5.78. The lowest BCUT2D eigenvalue weighted by Crippen LogP contribution is -2.35. The number of carbonyl (C=O) groups is 1. The van der Waals surface area contributed by atoms with E-state index >= 15 is 0 Å². The van der Waals surface area contributed by atoms with Gasteiger partial charge in [0.2, 0.25) is 5.91 Å². The van der Waals surface area contributed by atoms with E-state index in [1.54, 1.807) is 11.9 Å². The van der Waals surface area contributed by atoms with E-state index in [-0.39, 0.29) is 11.8 Å². The van der Waals surface area contributed by atoms with Gasteiger partial charge in [0.1, 0.15) is 12.4 Å². The van der Waals surface area contributed by atoms with E-state index in [1.165, 1.54) is 0 Å². The molecule has 106 valence electrons. The number of benzene rings is 1. The Bertz CT molecular complexity index is 407. The van der Waals surface area contributed by atoms with Crippen LogP contribution in [-0.4, -0.2) is 37.6 Å². The summed E-state index contributed by atoms with van der Waals surface area (Å²) in [6.07, 6.45) is 0.724. The van der Waals surface area contributed by atoms with E-state index < -0.39 is 0 Å². The van der Waals surface area contributed by atoms with Crippen LogP contribution in [0.4, 0.5) is 0 Å². The molecular weight excluding hydrogens is 240 g/mol. The van der Waals surface area contributed by atoms with E-state index in [9.17, 15) is 4.79 Å². The number of hydrogen-bond acceptors (Lipinski definition) is 3. The molecule has 1 amide bonds. The first kappa shape index (κ1) is 15.5. The fourth-order valence-corrected chi connectivity index (χ4v) is 1.87. The third-order valence-electron chi connectivity index (χ3n) is 3.18. The Kier molecular flexibility index (Phi) is 6.36. The van der Waals surface area contributed by atoms with Crippen molar-refractivity contribution in [3.8, 4) is 5.75 Å². The van der Waals surface area contributed by atoms with Crippen molar-refractivity contribution in [1.82, 2.24) is 4.90 Å². The van der Waals surface area contributed by atoms with Gasteiger partial charge in [-0.1, -0.05) is 25.1 Å². The number of rotatable bonds is 7. The Labute approximate surface area is 115 Å². The molecule has 0 aliphatic rings. The van der Waals surface area contributed by atoms with Crippen molar-refractivity contribution in [2.75, 3.05) is 26.7 Å². The number of para-hydroxylation sites is 1. The van der Waals surface area contributed by atoms with E-state index in [0.29, 0.717) is 19.7 Å². The van der Waals surface area contributed by atoms with Crippen LogP contribution >= 0.6 is 0 Å². The van der Waals surface area contributed by atoms with E-state index in [1.807, 2.05) is 38.1 Å². The van der Waals surface area contributed by atoms with Gasteiger partial charge in [-0.2, -0.15) is 0 Å². The van der Waals surface area contributed by atoms with Crippen molar-refractivity contribution < 1.29 is 9.53 Å². The minimum atomic E-state index is -0.0199. The number of amides is 1. The zero-order chi connectivity index (χ0) is 14.3. The highest BCUT2D eigenvalue weighted by atomic mass is 16.5. The fraction of sp³-hybridized carbons (Fsp3) is 0.533. The van der Waals surface area contributed by atoms with Crippen LogP contribution in [0.5, 0.6) is 5.75 Å². The number of carbonyl (C=O) groups excluding carboxylic acids is 1. The molecule has 0 aliphatic heterocycles. The summed E-state index contributed by atoms with van der Waals surface area (Å²) in [5.74, 6) is 0.977. The van der Waals surface area contributed by atoms with Crippen LogP contribution in [0.25, 0.3) is 0 Å². The van der Waals surface area contributed by atoms with Crippen LogP contribution in [-0.2, 0) is 4.79 Å². The highest BCUT2D eigenvalue weighted by Gasteiger charge is 2.16. The van der Waals surface area contributed by atoms with Gasteiger partial charge < -0.3 is 15.4 Å². The van der Waals surface area contributed by atoms with Crippen molar-refractivity contribution in [2.45, 2.75) is 20.3 Å². The molecule has 19 heavy (non-hydrogen) atoms. The number of nitrogens with two attached hydrogens (primary N) is 1. The molecule has 4 nitrogen and oxygen atoms in total. The first-order chi connectivity index (χ1) is 9.06. The summed E-state index contributed by atoms with van der Waals surface area (Å²) < 4.78 is 5.68. The lowest BCUT2D eigenvalue weighted by atomic mass is 10.1. The molecule has 0 radical (unpaired) electrons.